The van der Waals surface area contributed by atoms with E-state index in [1.807, 2.05) is 0 Å². The zero-order valence-corrected chi connectivity index (χ0v) is 9.87. The van der Waals surface area contributed by atoms with Gasteiger partial charge in [-0.3, -0.25) is 0 Å². The molecule has 0 aromatic heterocycles. The molecule has 18 heavy (non-hydrogen) atoms. The number of rotatable bonds is 0. The molecular weight excluding hydrogens is 241 g/mol. The summed E-state index contributed by atoms with van der Waals surface area (Å²) < 4.78 is 38.0. The number of hydrogen-bond donors (Lipinski definition) is 1. The Kier molecular flexibility index (Phi) is 2.55. The number of halogens is 3. The molecule has 2 nitrogen and oxygen atoms in total. The van der Waals surface area contributed by atoms with E-state index in [1.54, 1.807) is 6.07 Å². The van der Waals surface area contributed by atoms with Crippen LogP contribution in [-0.4, -0.2) is 18.6 Å². The third-order valence-corrected chi connectivity index (χ3v) is 3.91. The van der Waals surface area contributed by atoms with Crippen molar-refractivity contribution in [2.45, 2.75) is 37.5 Å². The largest absolute Gasteiger partial charge is 0.416 e. The van der Waals surface area contributed by atoms with E-state index < -0.39 is 11.7 Å². The Labute approximate surface area is 104 Å². The van der Waals surface area contributed by atoms with Crippen LogP contribution in [0.2, 0.25) is 0 Å². The van der Waals surface area contributed by atoms with Gasteiger partial charge in [-0.05, 0) is 43.0 Å². The molecule has 2 unspecified atom stereocenters. The fraction of sp³-hybridized carbons (Fsp3) is 0.538. The SMILES string of the molecule is NC1CC2CCc3cc(C(F)(F)F)ccc3N2C1. The molecule has 1 fully saturated rings. The van der Waals surface area contributed by atoms with Gasteiger partial charge < -0.3 is 10.6 Å². The molecule has 2 atom stereocenters. The highest BCUT2D eigenvalue weighted by atomic mass is 19.4. The third-order valence-electron chi connectivity index (χ3n) is 3.91. The summed E-state index contributed by atoms with van der Waals surface area (Å²) in [6, 6.07) is 4.61. The fourth-order valence-corrected chi connectivity index (χ4v) is 3.09. The van der Waals surface area contributed by atoms with Crippen LogP contribution in [0.25, 0.3) is 0 Å². The van der Waals surface area contributed by atoms with Gasteiger partial charge in [-0.1, -0.05) is 0 Å². The van der Waals surface area contributed by atoms with Crippen LogP contribution in [0.5, 0.6) is 0 Å². The third kappa shape index (κ3) is 1.86. The first-order valence-electron chi connectivity index (χ1n) is 6.17. The van der Waals surface area contributed by atoms with Crippen molar-refractivity contribution in [1.82, 2.24) is 0 Å². The molecule has 0 bridgehead atoms. The van der Waals surface area contributed by atoms with Crippen molar-refractivity contribution in [3.8, 4) is 0 Å². The van der Waals surface area contributed by atoms with E-state index in [0.717, 1.165) is 30.6 Å². The van der Waals surface area contributed by atoms with Gasteiger partial charge in [0.2, 0.25) is 0 Å². The number of nitrogens with zero attached hydrogens (tertiary/aromatic N) is 1. The highest BCUT2D eigenvalue weighted by Gasteiger charge is 2.36. The molecule has 0 radical (unpaired) electrons. The Balaban J connectivity index is 1.97. The van der Waals surface area contributed by atoms with E-state index in [9.17, 15) is 13.2 Å². The smallest absolute Gasteiger partial charge is 0.367 e. The fourth-order valence-electron chi connectivity index (χ4n) is 3.09. The highest BCUT2D eigenvalue weighted by Crippen LogP contribution is 2.39. The van der Waals surface area contributed by atoms with Gasteiger partial charge in [0.15, 0.2) is 0 Å². The second-order valence-electron chi connectivity index (χ2n) is 5.18. The molecule has 2 aliphatic heterocycles. The molecule has 2 aliphatic rings. The first-order valence-corrected chi connectivity index (χ1v) is 6.17. The lowest BCUT2D eigenvalue weighted by Crippen LogP contribution is -2.34. The molecule has 0 amide bonds. The van der Waals surface area contributed by atoms with Crippen molar-refractivity contribution >= 4 is 5.69 Å². The van der Waals surface area contributed by atoms with Gasteiger partial charge in [0.25, 0.3) is 0 Å². The molecule has 1 aromatic rings. The first kappa shape index (κ1) is 11.8. The van der Waals surface area contributed by atoms with Crippen LogP contribution in [0.15, 0.2) is 18.2 Å². The monoisotopic (exact) mass is 256 g/mol. The number of anilines is 1. The average Bonchev–Trinajstić information content (AvgIpc) is 2.68. The molecule has 2 heterocycles. The molecule has 0 saturated carbocycles. The predicted octanol–water partition coefficient (Wildman–Crippen LogP) is 2.56. The maximum atomic E-state index is 12.7. The second-order valence-corrected chi connectivity index (χ2v) is 5.18. The van der Waals surface area contributed by atoms with E-state index in [4.69, 9.17) is 5.73 Å². The number of fused-ring (bicyclic) bond motifs is 3. The highest BCUT2D eigenvalue weighted by molar-refractivity contribution is 5.59. The topological polar surface area (TPSA) is 29.3 Å². The van der Waals surface area contributed by atoms with Crippen molar-refractivity contribution < 1.29 is 13.2 Å². The molecule has 1 aromatic carbocycles. The van der Waals surface area contributed by atoms with Crippen LogP contribution in [0.4, 0.5) is 18.9 Å². The maximum absolute atomic E-state index is 12.7. The van der Waals surface area contributed by atoms with Crippen LogP contribution in [0.1, 0.15) is 24.0 Å². The van der Waals surface area contributed by atoms with Gasteiger partial charge in [0.05, 0.1) is 5.56 Å². The van der Waals surface area contributed by atoms with Gasteiger partial charge in [0, 0.05) is 24.3 Å². The summed E-state index contributed by atoms with van der Waals surface area (Å²) in [5.41, 5.74) is 7.11. The van der Waals surface area contributed by atoms with Crippen LogP contribution in [-0.2, 0) is 12.6 Å². The van der Waals surface area contributed by atoms with Crippen molar-refractivity contribution in [3.05, 3.63) is 29.3 Å². The Bertz CT molecular complexity index is 470. The van der Waals surface area contributed by atoms with Gasteiger partial charge in [-0.2, -0.15) is 13.2 Å². The number of alkyl halides is 3. The molecule has 3 rings (SSSR count). The summed E-state index contributed by atoms with van der Waals surface area (Å²) in [6.45, 7) is 0.753. The minimum Gasteiger partial charge on any atom is -0.367 e. The molecule has 98 valence electrons. The predicted molar refractivity (Wildman–Crippen MR) is 63.5 cm³/mol. The molecule has 2 N–H and O–H groups in total. The van der Waals surface area contributed by atoms with Crippen molar-refractivity contribution in [1.29, 1.82) is 0 Å². The second kappa shape index (κ2) is 3.88. The molecular formula is C13H15F3N2. The number of nitrogens with two attached hydrogens (primary N) is 1. The molecule has 1 saturated heterocycles. The van der Waals surface area contributed by atoms with E-state index in [-0.39, 0.29) is 6.04 Å². The zero-order valence-electron chi connectivity index (χ0n) is 9.87. The van der Waals surface area contributed by atoms with Crippen LogP contribution in [0, 0.1) is 0 Å². The molecule has 5 heteroatoms. The van der Waals surface area contributed by atoms with Crippen molar-refractivity contribution in [2.75, 3.05) is 11.4 Å². The number of benzene rings is 1. The van der Waals surface area contributed by atoms with Gasteiger partial charge >= 0.3 is 6.18 Å². The maximum Gasteiger partial charge on any atom is 0.416 e. The van der Waals surface area contributed by atoms with Gasteiger partial charge in [-0.15, -0.1) is 0 Å². The zero-order chi connectivity index (χ0) is 12.9. The van der Waals surface area contributed by atoms with Gasteiger partial charge in [-0.25, -0.2) is 0 Å². The Morgan fingerprint density at radius 3 is 2.78 bits per heavy atom. The van der Waals surface area contributed by atoms with E-state index in [1.165, 1.54) is 12.1 Å². The number of hydrogen-bond acceptors (Lipinski definition) is 2. The summed E-state index contributed by atoms with van der Waals surface area (Å²) in [5.74, 6) is 0. The Hall–Kier alpha value is -1.23. The minimum atomic E-state index is -4.26. The lowest BCUT2D eigenvalue weighted by Gasteiger charge is -2.33. The summed E-state index contributed by atoms with van der Waals surface area (Å²) in [5, 5.41) is 0. The quantitative estimate of drug-likeness (QED) is 0.773. The van der Waals surface area contributed by atoms with Crippen molar-refractivity contribution in [3.63, 3.8) is 0 Å². The normalized spacial score (nSPS) is 27.0. The Morgan fingerprint density at radius 1 is 1.28 bits per heavy atom. The summed E-state index contributed by atoms with van der Waals surface area (Å²) in [6.07, 6.45) is -1.69. The minimum absolute atomic E-state index is 0.142. The average molecular weight is 256 g/mol. The van der Waals surface area contributed by atoms with E-state index in [2.05, 4.69) is 4.90 Å². The van der Waals surface area contributed by atoms with Crippen molar-refractivity contribution in [2.24, 2.45) is 5.73 Å². The standard InChI is InChI=1S/C13H15F3N2/c14-13(15,16)9-2-4-12-8(5-9)1-3-11-6-10(17)7-18(11)12/h2,4-5,10-11H,1,3,6-7,17H2. The van der Waals surface area contributed by atoms with Crippen LogP contribution >= 0.6 is 0 Å². The lowest BCUT2D eigenvalue weighted by atomic mass is 9.94. The summed E-state index contributed by atoms with van der Waals surface area (Å²) in [4.78, 5) is 2.17. The van der Waals surface area contributed by atoms with Crippen LogP contribution in [0.3, 0.4) is 0 Å². The van der Waals surface area contributed by atoms with Crippen LogP contribution < -0.4 is 10.6 Å². The molecule has 0 spiro atoms. The number of aryl methyl sites for hydroxylation is 1. The first-order chi connectivity index (χ1) is 8.45. The summed E-state index contributed by atoms with van der Waals surface area (Å²) in [7, 11) is 0. The molecule has 0 aliphatic carbocycles. The lowest BCUT2D eigenvalue weighted by molar-refractivity contribution is -0.137. The van der Waals surface area contributed by atoms with Gasteiger partial charge in [0.1, 0.15) is 0 Å². The van der Waals surface area contributed by atoms with E-state index >= 15 is 0 Å². The van der Waals surface area contributed by atoms with E-state index in [0.29, 0.717) is 12.5 Å². The summed E-state index contributed by atoms with van der Waals surface area (Å²) >= 11 is 0. The Morgan fingerprint density at radius 2 is 2.06 bits per heavy atom.